The fourth-order valence-corrected chi connectivity index (χ4v) is 5.99. The molecule has 0 radical (unpaired) electrons. The molecule has 5 heteroatoms. The minimum Gasteiger partial charge on any atom is -0.463 e. The van der Waals surface area contributed by atoms with Gasteiger partial charge in [-0.25, -0.2) is 4.98 Å². The van der Waals surface area contributed by atoms with E-state index in [0.717, 1.165) is 45.6 Å². The third kappa shape index (κ3) is 3.19. The Bertz CT molecular complexity index is 1380. The number of hydrogen-bond acceptors (Lipinski definition) is 3. The van der Waals surface area contributed by atoms with Gasteiger partial charge >= 0.3 is 0 Å². The van der Waals surface area contributed by atoms with Crippen LogP contribution in [0.4, 0.5) is 0 Å². The van der Waals surface area contributed by atoms with E-state index in [1.165, 1.54) is 18.4 Å². The molecule has 166 valence electrons. The van der Waals surface area contributed by atoms with Crippen molar-refractivity contribution in [2.75, 3.05) is 0 Å². The van der Waals surface area contributed by atoms with Crippen molar-refractivity contribution in [1.82, 2.24) is 9.55 Å². The van der Waals surface area contributed by atoms with Crippen LogP contribution in [0.2, 0.25) is 5.02 Å². The average molecular weight is 456 g/mol. The van der Waals surface area contributed by atoms with Gasteiger partial charge in [0.05, 0.1) is 29.4 Å². The number of hydrogen-bond donors (Lipinski definition) is 0. The Morgan fingerprint density at radius 3 is 2.58 bits per heavy atom. The van der Waals surface area contributed by atoms with Crippen LogP contribution in [-0.4, -0.2) is 15.3 Å². The zero-order chi connectivity index (χ0) is 22.7. The minimum atomic E-state index is -0.131. The van der Waals surface area contributed by atoms with Crippen molar-refractivity contribution in [2.45, 2.75) is 45.1 Å². The summed E-state index contributed by atoms with van der Waals surface area (Å²) in [6, 6.07) is 18.5. The number of rotatable bonds is 3. The summed E-state index contributed by atoms with van der Waals surface area (Å²) < 4.78 is 7.87. The molecule has 6 rings (SSSR count). The highest BCUT2D eigenvalue weighted by Gasteiger charge is 2.40. The van der Waals surface area contributed by atoms with Crippen molar-refractivity contribution in [3.05, 3.63) is 94.6 Å². The molecule has 1 aliphatic carbocycles. The summed E-state index contributed by atoms with van der Waals surface area (Å²) in [6.07, 6.45) is 5.99. The molecule has 4 aromatic rings. The van der Waals surface area contributed by atoms with E-state index in [-0.39, 0.29) is 11.5 Å². The predicted molar refractivity (Wildman–Crippen MR) is 133 cm³/mol. The number of aromatic nitrogens is 2. The van der Waals surface area contributed by atoms with Crippen molar-refractivity contribution in [1.29, 1.82) is 0 Å². The molecule has 4 nitrogen and oxygen atoms in total. The lowest BCUT2D eigenvalue weighted by molar-refractivity contribution is 0.178. The van der Waals surface area contributed by atoms with Crippen LogP contribution in [0.5, 0.6) is 0 Å². The van der Waals surface area contributed by atoms with E-state index >= 15 is 0 Å². The molecule has 1 aliphatic heterocycles. The largest absolute Gasteiger partial charge is 0.463 e. The first-order valence-electron chi connectivity index (χ1n) is 11.5. The topological polar surface area (TPSA) is 43.3 Å². The third-order valence-corrected chi connectivity index (χ3v) is 7.54. The van der Waals surface area contributed by atoms with Gasteiger partial charge in [-0.05, 0) is 67.0 Å². The fourth-order valence-electron chi connectivity index (χ4n) is 5.77. The highest BCUT2D eigenvalue weighted by Crippen LogP contribution is 2.48. The van der Waals surface area contributed by atoms with Gasteiger partial charge in [-0.1, -0.05) is 49.7 Å². The smallest absolute Gasteiger partial charge is 0.154 e. The van der Waals surface area contributed by atoms with Gasteiger partial charge in [-0.2, -0.15) is 0 Å². The summed E-state index contributed by atoms with van der Waals surface area (Å²) in [7, 11) is 0. The quantitative estimate of drug-likeness (QED) is 0.323. The Kier molecular flexibility index (Phi) is 4.63. The third-order valence-electron chi connectivity index (χ3n) is 7.21. The second-order valence-corrected chi connectivity index (χ2v) is 10.2. The van der Waals surface area contributed by atoms with Crippen LogP contribution < -0.4 is 0 Å². The zero-order valence-electron chi connectivity index (χ0n) is 19.0. The van der Waals surface area contributed by atoms with Gasteiger partial charge in [0.15, 0.2) is 5.76 Å². The Labute approximate surface area is 199 Å². The first-order valence-corrected chi connectivity index (χ1v) is 11.9. The normalized spacial score (nSPS) is 23.8. The van der Waals surface area contributed by atoms with Gasteiger partial charge in [0.2, 0.25) is 0 Å². The molecule has 0 N–H and O–H groups in total. The van der Waals surface area contributed by atoms with Crippen molar-refractivity contribution < 1.29 is 4.42 Å². The lowest BCUT2D eigenvalue weighted by Crippen LogP contribution is -2.37. The van der Waals surface area contributed by atoms with E-state index in [0.29, 0.717) is 5.02 Å². The minimum absolute atomic E-state index is 0.131. The molecule has 3 heterocycles. The number of aliphatic imine (C=N–C) groups is 1. The Morgan fingerprint density at radius 2 is 1.85 bits per heavy atom. The van der Waals surface area contributed by atoms with Crippen molar-refractivity contribution in [2.24, 2.45) is 10.9 Å². The van der Waals surface area contributed by atoms with Crippen LogP contribution in [-0.2, 0) is 5.41 Å². The molecule has 2 aromatic heterocycles. The van der Waals surface area contributed by atoms with E-state index in [2.05, 4.69) is 49.6 Å². The molecule has 1 saturated carbocycles. The Morgan fingerprint density at radius 1 is 1.03 bits per heavy atom. The molecule has 0 spiro atoms. The second kappa shape index (κ2) is 7.46. The molecule has 0 amide bonds. The number of fused-ring (bicyclic) bond motifs is 3. The fraction of sp³-hybridized carbons (Fsp3) is 0.286. The summed E-state index contributed by atoms with van der Waals surface area (Å²) in [6.45, 7) is 6.81. The molecule has 33 heavy (non-hydrogen) atoms. The monoisotopic (exact) mass is 455 g/mol. The van der Waals surface area contributed by atoms with Gasteiger partial charge in [-0.3, -0.25) is 9.56 Å². The van der Waals surface area contributed by atoms with Gasteiger partial charge in [-0.15, -0.1) is 0 Å². The molecular formula is C28H26ClN3O. The molecular weight excluding hydrogens is 430 g/mol. The van der Waals surface area contributed by atoms with Crippen LogP contribution in [0.25, 0.3) is 17.1 Å². The van der Waals surface area contributed by atoms with E-state index in [9.17, 15) is 0 Å². The summed E-state index contributed by atoms with van der Waals surface area (Å²) >= 11 is 6.70. The summed E-state index contributed by atoms with van der Waals surface area (Å²) in [5.74, 6) is 1.52. The van der Waals surface area contributed by atoms with Crippen LogP contribution in [0, 0.1) is 5.92 Å². The molecule has 0 saturated heterocycles. The van der Waals surface area contributed by atoms with Crippen LogP contribution in [0.15, 0.2) is 76.6 Å². The number of nitrogens with zero attached hydrogens (tertiary/aromatic N) is 3. The Hall–Kier alpha value is -3.11. The van der Waals surface area contributed by atoms with E-state index in [4.69, 9.17) is 26.0 Å². The first kappa shape index (κ1) is 20.5. The van der Waals surface area contributed by atoms with Crippen LogP contribution >= 0.6 is 11.6 Å². The van der Waals surface area contributed by atoms with Crippen LogP contribution in [0.3, 0.4) is 0 Å². The molecule has 1 atom stereocenters. The Balaban J connectivity index is 1.61. The van der Waals surface area contributed by atoms with Crippen molar-refractivity contribution in [3.63, 3.8) is 0 Å². The van der Waals surface area contributed by atoms with E-state index < -0.39 is 0 Å². The summed E-state index contributed by atoms with van der Waals surface area (Å²) in [5, 5.41) is 0.708. The number of halogens is 1. The second-order valence-electron chi connectivity index (χ2n) is 9.77. The zero-order valence-corrected chi connectivity index (χ0v) is 19.8. The maximum absolute atomic E-state index is 6.70. The van der Waals surface area contributed by atoms with Crippen molar-refractivity contribution >= 4 is 17.3 Å². The number of imidazole rings is 1. The lowest BCUT2D eigenvalue weighted by atomic mass is 9.60. The van der Waals surface area contributed by atoms with E-state index in [1.807, 2.05) is 36.7 Å². The van der Waals surface area contributed by atoms with Crippen molar-refractivity contribution in [3.8, 4) is 17.1 Å². The van der Waals surface area contributed by atoms with Gasteiger partial charge < -0.3 is 4.42 Å². The summed E-state index contributed by atoms with van der Waals surface area (Å²) in [5.41, 5.74) is 7.45. The lowest BCUT2D eigenvalue weighted by Gasteiger charge is -2.44. The number of benzene rings is 2. The molecule has 0 unspecified atom stereocenters. The standard InChI is InChI=1S/C28H26ClN3O/c1-17-14-28(3,15-17)19-10-11-23-21(13-19)25(20-7-4-5-8-22(20)29)31-18(2)27-26(30-16-32(23)27)24-9-6-12-33-24/h4-13,16-18H,14-15H2,1-3H3/t17?,18-,28?/m1/s1. The molecule has 0 bridgehead atoms. The van der Waals surface area contributed by atoms with Gasteiger partial charge in [0.25, 0.3) is 0 Å². The molecule has 2 aromatic carbocycles. The molecule has 2 aliphatic rings. The van der Waals surface area contributed by atoms with E-state index in [1.54, 1.807) is 6.26 Å². The highest BCUT2D eigenvalue weighted by atomic mass is 35.5. The highest BCUT2D eigenvalue weighted by molar-refractivity contribution is 6.35. The first-order chi connectivity index (χ1) is 15.9. The van der Waals surface area contributed by atoms with Gasteiger partial charge in [0, 0.05) is 16.1 Å². The maximum atomic E-state index is 6.70. The SMILES string of the molecule is CC1CC(C)(c2ccc3c(c2)C(c2ccccc2Cl)=N[C@H](C)c2c(-c4ccco4)ncn2-3)C1. The number of furan rings is 1. The molecule has 1 fully saturated rings. The van der Waals surface area contributed by atoms with Crippen LogP contribution in [0.1, 0.15) is 62.0 Å². The van der Waals surface area contributed by atoms with Gasteiger partial charge in [0.1, 0.15) is 12.0 Å². The maximum Gasteiger partial charge on any atom is 0.154 e. The summed E-state index contributed by atoms with van der Waals surface area (Å²) in [4.78, 5) is 9.97. The predicted octanol–water partition coefficient (Wildman–Crippen LogP) is 7.39. The average Bonchev–Trinajstić information content (AvgIpc) is 3.44.